The summed E-state index contributed by atoms with van der Waals surface area (Å²) in [7, 11) is 0. The molecule has 2 nitrogen and oxygen atoms in total. The number of hydrogen-bond acceptors (Lipinski definition) is 2. The van der Waals surface area contributed by atoms with Gasteiger partial charge in [-0.25, -0.2) is 0 Å². The standard InChI is InChI=1S/C18H30N2/c1-14-11-15(2)18(16(3)12-14)17(13-19)20-9-7-5-4-6-8-10-20/h11-12,17H,4-10,13,19H2,1-3H3. The van der Waals surface area contributed by atoms with Crippen LogP contribution in [0.25, 0.3) is 0 Å². The summed E-state index contributed by atoms with van der Waals surface area (Å²) >= 11 is 0. The number of likely N-dealkylation sites (tertiary alicyclic amines) is 1. The van der Waals surface area contributed by atoms with Crippen molar-refractivity contribution in [2.75, 3.05) is 19.6 Å². The molecule has 1 atom stereocenters. The Morgan fingerprint density at radius 3 is 1.95 bits per heavy atom. The summed E-state index contributed by atoms with van der Waals surface area (Å²) in [6, 6.07) is 5.00. The van der Waals surface area contributed by atoms with Crippen LogP contribution in [-0.4, -0.2) is 24.5 Å². The molecule has 2 heteroatoms. The summed E-state index contributed by atoms with van der Waals surface area (Å²) in [4.78, 5) is 2.63. The van der Waals surface area contributed by atoms with E-state index in [1.54, 1.807) is 0 Å². The number of benzene rings is 1. The predicted octanol–water partition coefficient (Wildman–Crippen LogP) is 3.88. The summed E-state index contributed by atoms with van der Waals surface area (Å²) in [5, 5.41) is 0. The maximum absolute atomic E-state index is 6.16. The van der Waals surface area contributed by atoms with E-state index in [9.17, 15) is 0 Å². The van der Waals surface area contributed by atoms with Crippen LogP contribution in [0.5, 0.6) is 0 Å². The number of aryl methyl sites for hydroxylation is 3. The van der Waals surface area contributed by atoms with Gasteiger partial charge in [0.25, 0.3) is 0 Å². The van der Waals surface area contributed by atoms with Crippen LogP contribution < -0.4 is 5.73 Å². The highest BCUT2D eigenvalue weighted by Gasteiger charge is 2.22. The molecule has 0 amide bonds. The lowest BCUT2D eigenvalue weighted by Gasteiger charge is -2.34. The Labute approximate surface area is 124 Å². The minimum absolute atomic E-state index is 0.397. The summed E-state index contributed by atoms with van der Waals surface area (Å²) in [5.74, 6) is 0. The van der Waals surface area contributed by atoms with Gasteiger partial charge in [0, 0.05) is 12.6 Å². The highest BCUT2D eigenvalue weighted by Crippen LogP contribution is 2.29. The van der Waals surface area contributed by atoms with Gasteiger partial charge >= 0.3 is 0 Å². The molecule has 0 aromatic heterocycles. The van der Waals surface area contributed by atoms with Gasteiger partial charge in [-0.15, -0.1) is 0 Å². The minimum atomic E-state index is 0.397. The highest BCUT2D eigenvalue weighted by atomic mass is 15.2. The van der Waals surface area contributed by atoms with E-state index in [0.29, 0.717) is 6.04 Å². The molecule has 1 aliphatic rings. The van der Waals surface area contributed by atoms with Crippen molar-refractivity contribution in [1.29, 1.82) is 0 Å². The Balaban J connectivity index is 2.26. The van der Waals surface area contributed by atoms with Crippen LogP contribution in [0.3, 0.4) is 0 Å². The summed E-state index contributed by atoms with van der Waals surface area (Å²) < 4.78 is 0. The maximum Gasteiger partial charge on any atom is 0.0475 e. The topological polar surface area (TPSA) is 29.3 Å². The third kappa shape index (κ3) is 3.62. The zero-order valence-corrected chi connectivity index (χ0v) is 13.4. The SMILES string of the molecule is Cc1cc(C)c(C(CN)N2CCCCCCC2)c(C)c1. The van der Waals surface area contributed by atoms with E-state index >= 15 is 0 Å². The first-order chi connectivity index (χ1) is 9.63. The van der Waals surface area contributed by atoms with E-state index in [4.69, 9.17) is 5.73 Å². The van der Waals surface area contributed by atoms with Crippen LogP contribution in [0, 0.1) is 20.8 Å². The zero-order valence-electron chi connectivity index (χ0n) is 13.4. The number of nitrogens with zero attached hydrogens (tertiary/aromatic N) is 1. The lowest BCUT2D eigenvalue weighted by atomic mass is 9.92. The predicted molar refractivity (Wildman–Crippen MR) is 87.1 cm³/mol. The third-order valence-electron chi connectivity index (χ3n) is 4.63. The molecule has 0 saturated carbocycles. The Kier molecular flexibility index (Phi) is 5.62. The van der Waals surface area contributed by atoms with Crippen molar-refractivity contribution in [3.63, 3.8) is 0 Å². The van der Waals surface area contributed by atoms with Crippen molar-refractivity contribution in [1.82, 2.24) is 4.90 Å². The first kappa shape index (κ1) is 15.5. The van der Waals surface area contributed by atoms with Crippen molar-refractivity contribution in [2.45, 2.75) is 58.9 Å². The monoisotopic (exact) mass is 274 g/mol. The molecule has 1 aromatic rings. The normalized spacial score (nSPS) is 19.4. The van der Waals surface area contributed by atoms with E-state index in [1.807, 2.05) is 0 Å². The molecule has 1 aliphatic heterocycles. The van der Waals surface area contributed by atoms with Crippen molar-refractivity contribution < 1.29 is 0 Å². The third-order valence-corrected chi connectivity index (χ3v) is 4.63. The van der Waals surface area contributed by atoms with Crippen LogP contribution in [0.1, 0.15) is 60.4 Å². The average Bonchev–Trinajstić information content (AvgIpc) is 2.34. The molecule has 2 N–H and O–H groups in total. The van der Waals surface area contributed by atoms with Crippen molar-refractivity contribution >= 4 is 0 Å². The van der Waals surface area contributed by atoms with Gasteiger partial charge in [0.2, 0.25) is 0 Å². The van der Waals surface area contributed by atoms with Crippen LogP contribution >= 0.6 is 0 Å². The van der Waals surface area contributed by atoms with E-state index in [1.165, 1.54) is 67.4 Å². The molecule has 1 aromatic carbocycles. The molecule has 20 heavy (non-hydrogen) atoms. The molecule has 1 heterocycles. The van der Waals surface area contributed by atoms with Gasteiger partial charge in [-0.1, -0.05) is 37.0 Å². The Bertz CT molecular complexity index is 408. The summed E-state index contributed by atoms with van der Waals surface area (Å²) in [6.45, 7) is 9.79. The molecule has 0 aliphatic carbocycles. The van der Waals surface area contributed by atoms with Crippen molar-refractivity contribution in [3.8, 4) is 0 Å². The van der Waals surface area contributed by atoms with Crippen molar-refractivity contribution in [3.05, 3.63) is 34.4 Å². The van der Waals surface area contributed by atoms with Gasteiger partial charge in [0.05, 0.1) is 0 Å². The largest absolute Gasteiger partial charge is 0.329 e. The molecule has 1 unspecified atom stereocenters. The highest BCUT2D eigenvalue weighted by molar-refractivity contribution is 5.40. The van der Waals surface area contributed by atoms with Crippen LogP contribution in [0.15, 0.2) is 12.1 Å². The number of rotatable bonds is 3. The van der Waals surface area contributed by atoms with Gasteiger partial charge < -0.3 is 5.73 Å². The fourth-order valence-electron chi connectivity index (χ4n) is 3.75. The molecule has 1 saturated heterocycles. The molecule has 2 rings (SSSR count). The first-order valence-electron chi connectivity index (χ1n) is 8.15. The van der Waals surface area contributed by atoms with Crippen LogP contribution in [-0.2, 0) is 0 Å². The lowest BCUT2D eigenvalue weighted by Crippen LogP contribution is -2.36. The first-order valence-corrected chi connectivity index (χ1v) is 8.15. The van der Waals surface area contributed by atoms with Gasteiger partial charge in [-0.3, -0.25) is 4.90 Å². The minimum Gasteiger partial charge on any atom is -0.329 e. The van der Waals surface area contributed by atoms with Gasteiger partial charge in [0.1, 0.15) is 0 Å². The zero-order chi connectivity index (χ0) is 14.5. The fourth-order valence-corrected chi connectivity index (χ4v) is 3.75. The van der Waals surface area contributed by atoms with E-state index in [2.05, 4.69) is 37.8 Å². The second kappa shape index (κ2) is 7.24. The van der Waals surface area contributed by atoms with Crippen LogP contribution in [0.4, 0.5) is 0 Å². The Morgan fingerprint density at radius 2 is 1.45 bits per heavy atom. The van der Waals surface area contributed by atoms with Gasteiger partial charge in [0.15, 0.2) is 0 Å². The lowest BCUT2D eigenvalue weighted by molar-refractivity contribution is 0.182. The van der Waals surface area contributed by atoms with Gasteiger partial charge in [-0.05, 0) is 63.4 Å². The smallest absolute Gasteiger partial charge is 0.0475 e. The summed E-state index contributed by atoms with van der Waals surface area (Å²) in [5.41, 5.74) is 11.8. The Morgan fingerprint density at radius 1 is 0.950 bits per heavy atom. The van der Waals surface area contributed by atoms with E-state index < -0.39 is 0 Å². The molecule has 0 spiro atoms. The molecule has 0 radical (unpaired) electrons. The van der Waals surface area contributed by atoms with Gasteiger partial charge in [-0.2, -0.15) is 0 Å². The second-order valence-corrected chi connectivity index (χ2v) is 6.37. The number of hydrogen-bond donors (Lipinski definition) is 1. The summed E-state index contributed by atoms with van der Waals surface area (Å²) in [6.07, 6.45) is 6.80. The molecular weight excluding hydrogens is 244 g/mol. The molecule has 0 bridgehead atoms. The quantitative estimate of drug-likeness (QED) is 0.906. The Hall–Kier alpha value is -0.860. The molecule has 112 valence electrons. The molecule has 1 fully saturated rings. The second-order valence-electron chi connectivity index (χ2n) is 6.37. The van der Waals surface area contributed by atoms with E-state index in [-0.39, 0.29) is 0 Å². The molecular formula is C18H30N2. The van der Waals surface area contributed by atoms with Crippen LogP contribution in [0.2, 0.25) is 0 Å². The average molecular weight is 274 g/mol. The fraction of sp³-hybridized carbons (Fsp3) is 0.667. The van der Waals surface area contributed by atoms with Crippen molar-refractivity contribution in [2.24, 2.45) is 5.73 Å². The maximum atomic E-state index is 6.16. The van der Waals surface area contributed by atoms with E-state index in [0.717, 1.165) is 6.54 Å². The number of nitrogens with two attached hydrogens (primary N) is 1.